The van der Waals surface area contributed by atoms with Crippen molar-refractivity contribution >= 4 is 11.4 Å². The summed E-state index contributed by atoms with van der Waals surface area (Å²) in [5.41, 5.74) is 2.48. The zero-order chi connectivity index (χ0) is 16.4. The molecule has 0 amide bonds. The van der Waals surface area contributed by atoms with Gasteiger partial charge in [-0.3, -0.25) is 4.90 Å². The second-order valence-electron chi connectivity index (χ2n) is 6.99. The van der Waals surface area contributed by atoms with Crippen molar-refractivity contribution in [3.05, 3.63) is 24.3 Å². The Morgan fingerprint density at radius 1 is 1.09 bits per heavy atom. The van der Waals surface area contributed by atoms with Gasteiger partial charge in [-0.25, -0.2) is 0 Å². The first-order valence-electron chi connectivity index (χ1n) is 8.64. The second-order valence-corrected chi connectivity index (χ2v) is 6.99. The molecule has 3 unspecified atom stereocenters. The van der Waals surface area contributed by atoms with Crippen LogP contribution in [0.5, 0.6) is 0 Å². The molecule has 0 aliphatic carbocycles. The SMILES string of the molecule is CC1CN(CC(O)CN2CCN(C)c3ccccc32)CC(C)O1. The smallest absolute Gasteiger partial charge is 0.0841 e. The minimum absolute atomic E-state index is 0.246. The molecule has 0 spiro atoms. The average Bonchev–Trinajstić information content (AvgIpc) is 2.49. The Balaban J connectivity index is 1.60. The molecule has 0 saturated carbocycles. The number of fused-ring (bicyclic) bond motifs is 1. The molecule has 0 aromatic heterocycles. The molecule has 3 rings (SSSR count). The molecule has 1 saturated heterocycles. The van der Waals surface area contributed by atoms with Crippen LogP contribution in [-0.2, 0) is 4.74 Å². The maximum absolute atomic E-state index is 10.6. The predicted octanol–water partition coefficient (Wildman–Crippen LogP) is 1.41. The van der Waals surface area contributed by atoms with Crippen molar-refractivity contribution in [1.82, 2.24) is 4.90 Å². The van der Waals surface area contributed by atoms with Crippen LogP contribution in [0.15, 0.2) is 24.3 Å². The summed E-state index contributed by atoms with van der Waals surface area (Å²) in [6.45, 7) is 9.37. The molecule has 2 aliphatic rings. The molecule has 1 aromatic carbocycles. The van der Waals surface area contributed by atoms with Crippen LogP contribution < -0.4 is 9.80 Å². The number of anilines is 2. The van der Waals surface area contributed by atoms with Crippen molar-refractivity contribution in [3.8, 4) is 0 Å². The minimum atomic E-state index is -0.344. The van der Waals surface area contributed by atoms with E-state index < -0.39 is 0 Å². The summed E-state index contributed by atoms with van der Waals surface area (Å²) in [5.74, 6) is 0. The van der Waals surface area contributed by atoms with Crippen LogP contribution in [0.3, 0.4) is 0 Å². The Morgan fingerprint density at radius 2 is 1.74 bits per heavy atom. The quantitative estimate of drug-likeness (QED) is 0.909. The van der Waals surface area contributed by atoms with Gasteiger partial charge in [0.15, 0.2) is 0 Å². The summed E-state index contributed by atoms with van der Waals surface area (Å²) in [6, 6.07) is 8.45. The number of ether oxygens (including phenoxy) is 1. The van der Waals surface area contributed by atoms with Crippen molar-refractivity contribution < 1.29 is 9.84 Å². The summed E-state index contributed by atoms with van der Waals surface area (Å²) >= 11 is 0. The van der Waals surface area contributed by atoms with Crippen LogP contribution >= 0.6 is 0 Å². The Kier molecular flexibility index (Phi) is 5.09. The van der Waals surface area contributed by atoms with Gasteiger partial charge in [-0.2, -0.15) is 0 Å². The number of aliphatic hydroxyl groups excluding tert-OH is 1. The van der Waals surface area contributed by atoms with Crippen molar-refractivity contribution in [3.63, 3.8) is 0 Å². The number of aliphatic hydroxyl groups is 1. The van der Waals surface area contributed by atoms with Crippen molar-refractivity contribution in [2.24, 2.45) is 0 Å². The highest BCUT2D eigenvalue weighted by molar-refractivity contribution is 5.73. The van der Waals surface area contributed by atoms with Crippen LogP contribution in [0, 0.1) is 0 Å². The lowest BCUT2D eigenvalue weighted by atomic mass is 10.1. The van der Waals surface area contributed by atoms with Crippen molar-refractivity contribution in [2.45, 2.75) is 32.2 Å². The molecule has 1 aromatic rings. The van der Waals surface area contributed by atoms with Gasteiger partial charge in [-0.1, -0.05) is 12.1 Å². The minimum Gasteiger partial charge on any atom is -0.390 e. The van der Waals surface area contributed by atoms with E-state index >= 15 is 0 Å². The highest BCUT2D eigenvalue weighted by Crippen LogP contribution is 2.31. The van der Waals surface area contributed by atoms with Crippen LogP contribution in [0.25, 0.3) is 0 Å². The van der Waals surface area contributed by atoms with Gasteiger partial charge in [0.05, 0.1) is 29.7 Å². The molecule has 5 heteroatoms. The molecule has 128 valence electrons. The number of β-amino-alcohol motifs (C(OH)–C–C–N with tert-alkyl or cyclic N) is 1. The molecule has 0 bridgehead atoms. The van der Waals surface area contributed by atoms with Gasteiger partial charge in [-0.05, 0) is 26.0 Å². The molecule has 2 aliphatic heterocycles. The van der Waals surface area contributed by atoms with E-state index in [9.17, 15) is 5.11 Å². The van der Waals surface area contributed by atoms with E-state index in [1.807, 2.05) is 0 Å². The summed E-state index contributed by atoms with van der Waals surface area (Å²) in [5, 5.41) is 10.6. The highest BCUT2D eigenvalue weighted by Gasteiger charge is 2.26. The zero-order valence-electron chi connectivity index (χ0n) is 14.5. The van der Waals surface area contributed by atoms with E-state index in [1.165, 1.54) is 11.4 Å². The number of likely N-dealkylation sites (N-methyl/N-ethyl adjacent to an activating group) is 1. The van der Waals surface area contributed by atoms with Gasteiger partial charge in [0.25, 0.3) is 0 Å². The number of hydrogen-bond donors (Lipinski definition) is 1. The fraction of sp³-hybridized carbons (Fsp3) is 0.667. The number of benzene rings is 1. The maximum atomic E-state index is 10.6. The normalized spacial score (nSPS) is 27.0. The molecule has 0 radical (unpaired) electrons. The third kappa shape index (κ3) is 3.97. The van der Waals surface area contributed by atoms with Crippen molar-refractivity contribution in [1.29, 1.82) is 0 Å². The first kappa shape index (κ1) is 16.6. The fourth-order valence-corrected chi connectivity index (χ4v) is 3.80. The van der Waals surface area contributed by atoms with E-state index in [-0.39, 0.29) is 18.3 Å². The molecule has 3 atom stereocenters. The fourth-order valence-electron chi connectivity index (χ4n) is 3.80. The van der Waals surface area contributed by atoms with Crippen LogP contribution in [-0.4, -0.2) is 74.6 Å². The summed E-state index contributed by atoms with van der Waals surface area (Å²) in [6.07, 6.45) is 0.148. The number of rotatable bonds is 4. The van der Waals surface area contributed by atoms with E-state index in [4.69, 9.17) is 4.74 Å². The van der Waals surface area contributed by atoms with E-state index in [0.29, 0.717) is 13.1 Å². The Morgan fingerprint density at radius 3 is 2.43 bits per heavy atom. The molecular formula is C18H29N3O2. The van der Waals surface area contributed by atoms with Crippen LogP contribution in [0.4, 0.5) is 11.4 Å². The number of nitrogens with zero attached hydrogens (tertiary/aromatic N) is 3. The van der Waals surface area contributed by atoms with Crippen LogP contribution in [0.2, 0.25) is 0 Å². The summed E-state index contributed by atoms with van der Waals surface area (Å²) in [4.78, 5) is 6.92. The molecule has 23 heavy (non-hydrogen) atoms. The van der Waals surface area contributed by atoms with Crippen LogP contribution in [0.1, 0.15) is 13.8 Å². The second kappa shape index (κ2) is 7.07. The van der Waals surface area contributed by atoms with Gasteiger partial charge < -0.3 is 19.6 Å². The topological polar surface area (TPSA) is 39.2 Å². The monoisotopic (exact) mass is 319 g/mol. The van der Waals surface area contributed by atoms with Gasteiger partial charge in [0.1, 0.15) is 0 Å². The third-order valence-corrected chi connectivity index (χ3v) is 4.73. The largest absolute Gasteiger partial charge is 0.390 e. The van der Waals surface area contributed by atoms with E-state index in [0.717, 1.165) is 26.2 Å². The maximum Gasteiger partial charge on any atom is 0.0841 e. The average molecular weight is 319 g/mol. The lowest BCUT2D eigenvalue weighted by Gasteiger charge is -2.40. The third-order valence-electron chi connectivity index (χ3n) is 4.73. The first-order valence-corrected chi connectivity index (χ1v) is 8.64. The van der Waals surface area contributed by atoms with Gasteiger partial charge in [0.2, 0.25) is 0 Å². The summed E-state index contributed by atoms with van der Waals surface area (Å²) < 4.78 is 5.77. The predicted molar refractivity (Wildman–Crippen MR) is 94.4 cm³/mol. The summed E-state index contributed by atoms with van der Waals surface area (Å²) in [7, 11) is 2.13. The van der Waals surface area contributed by atoms with E-state index in [2.05, 4.69) is 59.9 Å². The molecule has 5 nitrogen and oxygen atoms in total. The van der Waals surface area contributed by atoms with Gasteiger partial charge in [0, 0.05) is 46.3 Å². The molecule has 1 N–H and O–H groups in total. The van der Waals surface area contributed by atoms with E-state index in [1.54, 1.807) is 0 Å². The van der Waals surface area contributed by atoms with Gasteiger partial charge in [-0.15, -0.1) is 0 Å². The lowest BCUT2D eigenvalue weighted by Crippen LogP contribution is -2.50. The number of hydrogen-bond acceptors (Lipinski definition) is 5. The van der Waals surface area contributed by atoms with Gasteiger partial charge >= 0.3 is 0 Å². The first-order chi connectivity index (χ1) is 11.0. The molecule has 1 fully saturated rings. The number of para-hydroxylation sites is 2. The number of morpholine rings is 1. The Bertz CT molecular complexity index is 515. The Labute approximate surface area is 139 Å². The molecular weight excluding hydrogens is 290 g/mol. The standard InChI is InChI=1S/C18H29N3O2/c1-14-10-20(11-15(2)23-14)12-16(22)13-21-9-8-19(3)17-6-4-5-7-18(17)21/h4-7,14-16,22H,8-13H2,1-3H3. The highest BCUT2D eigenvalue weighted by atomic mass is 16.5. The Hall–Kier alpha value is -1.30. The van der Waals surface area contributed by atoms with Crippen molar-refractivity contribution in [2.75, 3.05) is 56.1 Å². The lowest BCUT2D eigenvalue weighted by molar-refractivity contribution is -0.0758. The zero-order valence-corrected chi connectivity index (χ0v) is 14.5. The molecule has 2 heterocycles.